The van der Waals surface area contributed by atoms with E-state index in [4.69, 9.17) is 13.9 Å². The molecule has 3 atom stereocenters. The number of methoxy groups -OCH3 is 2. The van der Waals surface area contributed by atoms with Gasteiger partial charge in [-0.3, -0.25) is 29.2 Å². The highest BCUT2D eigenvalue weighted by Gasteiger charge is 2.31. The number of benzene rings is 1. The van der Waals surface area contributed by atoms with Gasteiger partial charge in [-0.1, -0.05) is 33.1 Å². The Bertz CT molecular complexity index is 1380. The molecule has 0 saturated carbocycles. The van der Waals surface area contributed by atoms with Crippen LogP contribution in [0.25, 0.3) is 11.3 Å². The van der Waals surface area contributed by atoms with Gasteiger partial charge in [0.25, 0.3) is 11.8 Å². The molecule has 15 nitrogen and oxygen atoms in total. The van der Waals surface area contributed by atoms with Crippen LogP contribution in [-0.4, -0.2) is 85.9 Å². The zero-order chi connectivity index (χ0) is 34.9. The number of esters is 2. The second-order valence-corrected chi connectivity index (χ2v) is 10.5. The molecule has 0 bridgehead atoms. The maximum absolute atomic E-state index is 13.1. The van der Waals surface area contributed by atoms with E-state index < -0.39 is 54.1 Å². The van der Waals surface area contributed by atoms with Crippen molar-refractivity contribution >= 4 is 36.1 Å². The fraction of sp³-hybridized carbons (Fsp3) is 0.500. The maximum Gasteiger partial charge on any atom is 0.328 e. The number of hydrogen-bond donors (Lipinski definition) is 4. The van der Waals surface area contributed by atoms with Crippen LogP contribution < -0.4 is 20.7 Å². The molecule has 0 aliphatic carbocycles. The lowest BCUT2D eigenvalue weighted by molar-refractivity contribution is -0.168. The molecule has 0 radical (unpaired) electrons. The summed E-state index contributed by atoms with van der Waals surface area (Å²) in [5.41, 5.74) is 0.449. The van der Waals surface area contributed by atoms with Crippen molar-refractivity contribution in [2.75, 3.05) is 27.5 Å². The van der Waals surface area contributed by atoms with Crippen molar-refractivity contribution in [1.82, 2.24) is 21.0 Å². The molecule has 0 saturated heterocycles. The minimum Gasteiger partial charge on any atom is -0.494 e. The molecule has 4 amide bonds. The third-order valence-electron chi connectivity index (χ3n) is 7.28. The summed E-state index contributed by atoms with van der Waals surface area (Å²) in [6.45, 7) is 5.57. The zero-order valence-corrected chi connectivity index (χ0v) is 27.3. The number of nitrogens with one attached hydrogen (secondary N) is 3. The number of hydrogen-bond acceptors (Lipinski definition) is 11. The van der Waals surface area contributed by atoms with E-state index in [2.05, 4.69) is 20.7 Å². The van der Waals surface area contributed by atoms with E-state index in [1.54, 1.807) is 19.9 Å². The third kappa shape index (κ3) is 11.4. The molecular formula is C32H44N4O11. The Morgan fingerprint density at radius 1 is 0.979 bits per heavy atom. The molecule has 1 heterocycles. The van der Waals surface area contributed by atoms with Gasteiger partial charge in [-0.15, -0.1) is 0 Å². The van der Waals surface area contributed by atoms with Crippen LogP contribution in [0, 0.1) is 5.92 Å². The van der Waals surface area contributed by atoms with Gasteiger partial charge < -0.3 is 34.6 Å². The van der Waals surface area contributed by atoms with Crippen LogP contribution in [0.3, 0.4) is 0 Å². The molecule has 2 aromatic rings. The fourth-order valence-electron chi connectivity index (χ4n) is 4.84. The Morgan fingerprint density at radius 2 is 1.72 bits per heavy atom. The van der Waals surface area contributed by atoms with Gasteiger partial charge in [0.2, 0.25) is 12.3 Å². The van der Waals surface area contributed by atoms with Crippen LogP contribution >= 0.6 is 0 Å². The first-order valence-corrected chi connectivity index (χ1v) is 15.3. The van der Waals surface area contributed by atoms with Crippen molar-refractivity contribution < 1.29 is 52.6 Å². The van der Waals surface area contributed by atoms with Crippen LogP contribution in [-0.2, 0) is 28.7 Å². The number of rotatable bonds is 20. The summed E-state index contributed by atoms with van der Waals surface area (Å²) in [6.07, 6.45) is 3.18. The SMILES string of the molecule is CCCCCC(C(=O)NCNC(=O)c1ccc(-c2cc(OCC)cc(C(=O)NC(CC(=O)OC)C(=O)OC)c2)o1)[C@@H](CC)N(O)C=O. The van der Waals surface area contributed by atoms with Crippen molar-refractivity contribution in [3.63, 3.8) is 0 Å². The molecule has 2 rings (SSSR count). The summed E-state index contributed by atoms with van der Waals surface area (Å²) >= 11 is 0. The van der Waals surface area contributed by atoms with Crippen LogP contribution in [0.1, 0.15) is 80.2 Å². The van der Waals surface area contributed by atoms with Gasteiger partial charge in [0.1, 0.15) is 17.6 Å². The van der Waals surface area contributed by atoms with Gasteiger partial charge in [0.15, 0.2) is 5.76 Å². The standard InChI is InChI=1S/C32H44N4O11/c1-6-9-10-11-23(25(7-2)36(43)19-37)30(40)33-18-34-31(41)27-13-12-26(47-27)20-14-21(16-22(15-20)46-8-3)29(39)35-24(32(42)45-5)17-28(38)44-4/h12-16,19,23-25,43H,6-11,17-18H2,1-5H3,(H,33,40)(H,34,41)(H,35,39)/t23?,24?,25-/m1/s1. The molecule has 258 valence electrons. The van der Waals surface area contributed by atoms with Crippen LogP contribution in [0.15, 0.2) is 34.7 Å². The number of furan rings is 1. The summed E-state index contributed by atoms with van der Waals surface area (Å²) in [4.78, 5) is 74.1. The van der Waals surface area contributed by atoms with Gasteiger partial charge in [-0.05, 0) is 50.1 Å². The first-order chi connectivity index (χ1) is 22.5. The lowest BCUT2D eigenvalue weighted by atomic mass is 9.90. The average Bonchev–Trinajstić information content (AvgIpc) is 3.57. The minimum absolute atomic E-state index is 0.0738. The zero-order valence-electron chi connectivity index (χ0n) is 27.3. The number of ether oxygens (including phenoxy) is 3. The molecular weight excluding hydrogens is 616 g/mol. The molecule has 4 N–H and O–H groups in total. The number of carbonyl (C=O) groups is 6. The van der Waals surface area contributed by atoms with E-state index in [0.29, 0.717) is 29.2 Å². The summed E-state index contributed by atoms with van der Waals surface area (Å²) in [7, 11) is 2.27. The maximum atomic E-state index is 13.1. The average molecular weight is 661 g/mol. The van der Waals surface area contributed by atoms with Gasteiger partial charge in [0.05, 0.1) is 45.9 Å². The van der Waals surface area contributed by atoms with Crippen LogP contribution in [0.4, 0.5) is 0 Å². The Kier molecular flexibility index (Phi) is 15.9. The number of hydroxylamine groups is 2. The molecule has 1 aromatic carbocycles. The summed E-state index contributed by atoms with van der Waals surface area (Å²) in [5, 5.41) is 18.2. The first-order valence-electron chi connectivity index (χ1n) is 15.3. The van der Waals surface area contributed by atoms with E-state index in [9.17, 15) is 34.0 Å². The van der Waals surface area contributed by atoms with Crippen LogP contribution in [0.5, 0.6) is 5.75 Å². The number of carbonyl (C=O) groups excluding carboxylic acids is 6. The lowest BCUT2D eigenvalue weighted by Gasteiger charge is -2.29. The molecule has 0 aliphatic rings. The van der Waals surface area contributed by atoms with E-state index in [1.165, 1.54) is 24.3 Å². The number of amides is 4. The third-order valence-corrected chi connectivity index (χ3v) is 7.28. The van der Waals surface area contributed by atoms with Gasteiger partial charge in [0, 0.05) is 11.1 Å². The second kappa shape index (κ2) is 19.6. The molecule has 1 aromatic heterocycles. The molecule has 47 heavy (non-hydrogen) atoms. The van der Waals surface area contributed by atoms with Crippen molar-refractivity contribution in [3.05, 3.63) is 41.7 Å². The highest BCUT2D eigenvalue weighted by molar-refractivity contribution is 5.99. The Hall–Kier alpha value is -4.92. The largest absolute Gasteiger partial charge is 0.494 e. The highest BCUT2D eigenvalue weighted by atomic mass is 16.5. The van der Waals surface area contributed by atoms with Gasteiger partial charge in [-0.2, -0.15) is 0 Å². The van der Waals surface area contributed by atoms with E-state index >= 15 is 0 Å². The van der Waals surface area contributed by atoms with Gasteiger partial charge >= 0.3 is 11.9 Å². The van der Waals surface area contributed by atoms with Gasteiger partial charge in [-0.25, -0.2) is 9.86 Å². The minimum atomic E-state index is -1.30. The van der Waals surface area contributed by atoms with Crippen molar-refractivity contribution in [3.8, 4) is 17.1 Å². The summed E-state index contributed by atoms with van der Waals surface area (Å²) in [6, 6.07) is 5.41. The van der Waals surface area contributed by atoms with E-state index in [-0.39, 0.29) is 36.8 Å². The Morgan fingerprint density at radius 3 is 2.34 bits per heavy atom. The fourth-order valence-corrected chi connectivity index (χ4v) is 4.84. The molecule has 0 spiro atoms. The quantitative estimate of drug-likeness (QED) is 0.0406. The Labute approximate surface area is 273 Å². The smallest absolute Gasteiger partial charge is 0.328 e. The molecule has 0 aliphatic heterocycles. The predicted molar refractivity (Wildman–Crippen MR) is 167 cm³/mol. The lowest BCUT2D eigenvalue weighted by Crippen LogP contribution is -2.47. The Balaban J connectivity index is 2.18. The van der Waals surface area contributed by atoms with Crippen molar-refractivity contribution in [1.29, 1.82) is 0 Å². The summed E-state index contributed by atoms with van der Waals surface area (Å²) in [5.74, 6) is -3.57. The normalized spacial score (nSPS) is 12.6. The molecule has 0 fully saturated rings. The highest BCUT2D eigenvalue weighted by Crippen LogP contribution is 2.28. The van der Waals surface area contributed by atoms with Crippen molar-refractivity contribution in [2.45, 2.75) is 71.4 Å². The topological polar surface area (TPSA) is 203 Å². The van der Waals surface area contributed by atoms with E-state index in [1.807, 2.05) is 6.92 Å². The summed E-state index contributed by atoms with van der Waals surface area (Å²) < 4.78 is 20.6. The number of unbranched alkanes of at least 4 members (excludes halogenated alkanes) is 2. The van der Waals surface area contributed by atoms with E-state index in [0.717, 1.165) is 33.5 Å². The second-order valence-electron chi connectivity index (χ2n) is 10.5. The number of nitrogens with zero attached hydrogens (tertiary/aromatic N) is 1. The van der Waals surface area contributed by atoms with Crippen LogP contribution in [0.2, 0.25) is 0 Å². The monoisotopic (exact) mass is 660 g/mol. The molecule has 15 heteroatoms. The molecule has 2 unspecified atom stereocenters. The van der Waals surface area contributed by atoms with Crippen molar-refractivity contribution in [2.24, 2.45) is 5.92 Å². The first kappa shape index (κ1) is 38.3. The predicted octanol–water partition coefficient (Wildman–Crippen LogP) is 2.81.